The smallest absolute Gasteiger partial charge is 0.359 e. The lowest BCUT2D eigenvalue weighted by atomic mass is 10.1. The zero-order valence-electron chi connectivity index (χ0n) is 16.0. The number of amides is 1. The predicted molar refractivity (Wildman–Crippen MR) is 98.8 cm³/mol. The van der Waals surface area contributed by atoms with E-state index in [4.69, 9.17) is 5.11 Å². The highest BCUT2D eigenvalue weighted by molar-refractivity contribution is 5.75. The van der Waals surface area contributed by atoms with Crippen LogP contribution in [0.15, 0.2) is 23.3 Å². The molecule has 0 atom stereocenters. The van der Waals surface area contributed by atoms with Gasteiger partial charge in [0.2, 0.25) is 5.91 Å². The molecule has 0 spiro atoms. The molecule has 0 aromatic rings. The van der Waals surface area contributed by atoms with E-state index < -0.39 is 5.97 Å². The van der Waals surface area contributed by atoms with Crippen LogP contribution >= 0.6 is 0 Å². The third kappa shape index (κ3) is 14.0. The van der Waals surface area contributed by atoms with Gasteiger partial charge in [0, 0.05) is 19.4 Å². The van der Waals surface area contributed by atoms with Crippen LogP contribution < -0.4 is 5.32 Å². The zero-order chi connectivity index (χ0) is 18.6. The number of hydrogen-bond acceptors (Lipinski definition) is 2. The van der Waals surface area contributed by atoms with Gasteiger partial charge in [-0.05, 0) is 40.0 Å². The number of carboxylic acids is 1. The van der Waals surface area contributed by atoms with E-state index in [1.54, 1.807) is 0 Å². The molecule has 0 saturated carbocycles. The van der Waals surface area contributed by atoms with Crippen molar-refractivity contribution in [3.05, 3.63) is 23.3 Å². The Labute approximate surface area is 147 Å². The molecule has 0 saturated heterocycles. The predicted octanol–water partition coefficient (Wildman–Crippen LogP) is 3.13. The van der Waals surface area contributed by atoms with Gasteiger partial charge in [0.1, 0.15) is 0 Å². The van der Waals surface area contributed by atoms with Crippen molar-refractivity contribution < 1.29 is 19.2 Å². The minimum Gasteiger partial charge on any atom is -0.477 e. The summed E-state index contributed by atoms with van der Waals surface area (Å²) >= 11 is 0. The van der Waals surface area contributed by atoms with E-state index in [1.807, 2.05) is 14.1 Å². The van der Waals surface area contributed by atoms with Gasteiger partial charge in [-0.3, -0.25) is 4.79 Å². The molecule has 0 bridgehead atoms. The fourth-order valence-electron chi connectivity index (χ4n) is 2.41. The number of nitrogens with one attached hydrogen (secondary N) is 1. The molecule has 0 unspecified atom stereocenters. The van der Waals surface area contributed by atoms with Crippen LogP contribution in [-0.4, -0.2) is 55.2 Å². The molecule has 138 valence electrons. The van der Waals surface area contributed by atoms with Crippen LogP contribution in [0.1, 0.15) is 52.9 Å². The van der Waals surface area contributed by atoms with Crippen molar-refractivity contribution in [3.8, 4) is 0 Å². The lowest BCUT2D eigenvalue weighted by Crippen LogP contribution is -2.45. The maximum absolute atomic E-state index is 11.8. The molecule has 0 radical (unpaired) electrons. The maximum Gasteiger partial charge on any atom is 0.359 e. The van der Waals surface area contributed by atoms with Gasteiger partial charge in [-0.1, -0.05) is 23.3 Å². The van der Waals surface area contributed by atoms with Crippen molar-refractivity contribution in [2.24, 2.45) is 0 Å². The number of rotatable bonds is 12. The molecule has 0 fully saturated rings. The van der Waals surface area contributed by atoms with Crippen LogP contribution in [0.5, 0.6) is 0 Å². The van der Waals surface area contributed by atoms with Crippen molar-refractivity contribution in [1.82, 2.24) is 5.32 Å². The Hall–Kier alpha value is -1.62. The molecule has 5 nitrogen and oxygen atoms in total. The molecule has 0 aliphatic carbocycles. The Kier molecular flexibility index (Phi) is 11.0. The fourth-order valence-corrected chi connectivity index (χ4v) is 2.41. The Morgan fingerprint density at radius 2 is 1.67 bits per heavy atom. The topological polar surface area (TPSA) is 66.4 Å². The highest BCUT2D eigenvalue weighted by Crippen LogP contribution is 2.08. The Bertz CT molecular complexity index is 461. The summed E-state index contributed by atoms with van der Waals surface area (Å²) in [5.74, 6) is -0.734. The van der Waals surface area contributed by atoms with Crippen LogP contribution in [0.4, 0.5) is 0 Å². The minimum atomic E-state index is -0.796. The number of carbonyl (C=O) groups is 2. The first-order valence-corrected chi connectivity index (χ1v) is 8.72. The van der Waals surface area contributed by atoms with Gasteiger partial charge in [-0.15, -0.1) is 0 Å². The molecular weight excluding hydrogens is 304 g/mol. The number of carbonyl (C=O) groups excluding carboxylic acids is 1. The minimum absolute atomic E-state index is 0.0619. The molecule has 2 N–H and O–H groups in total. The van der Waals surface area contributed by atoms with Crippen molar-refractivity contribution >= 4 is 11.9 Å². The lowest BCUT2D eigenvalue weighted by Gasteiger charge is -2.27. The van der Waals surface area contributed by atoms with Gasteiger partial charge >= 0.3 is 5.97 Å². The van der Waals surface area contributed by atoms with Crippen LogP contribution in [0.3, 0.4) is 0 Å². The second-order valence-electron chi connectivity index (χ2n) is 7.32. The summed E-state index contributed by atoms with van der Waals surface area (Å²) < 4.78 is 0.429. The molecule has 0 aliphatic rings. The highest BCUT2D eigenvalue weighted by atomic mass is 16.4. The van der Waals surface area contributed by atoms with Gasteiger partial charge in [0.25, 0.3) is 0 Å². The largest absolute Gasteiger partial charge is 0.477 e. The SMILES string of the molecule is CC(C)=CCCC(C)=CCCC(=O)NCCC[N+](C)(C)CC(=O)O. The second-order valence-corrected chi connectivity index (χ2v) is 7.32. The molecule has 0 aliphatic heterocycles. The van der Waals surface area contributed by atoms with E-state index in [0.29, 0.717) is 17.4 Å². The standard InChI is InChI=1S/C19H34N2O3/c1-16(2)9-6-10-17(3)11-7-12-18(22)20-13-8-14-21(4,5)15-19(23)24/h9,11H,6-8,10,12-15H2,1-5H3,(H-,20,22,23,24)/p+1. The van der Waals surface area contributed by atoms with Crippen molar-refractivity contribution in [1.29, 1.82) is 0 Å². The summed E-state index contributed by atoms with van der Waals surface area (Å²) in [7, 11) is 3.78. The first-order valence-electron chi connectivity index (χ1n) is 8.72. The van der Waals surface area contributed by atoms with E-state index in [-0.39, 0.29) is 12.5 Å². The van der Waals surface area contributed by atoms with E-state index in [0.717, 1.165) is 32.2 Å². The van der Waals surface area contributed by atoms with Crippen molar-refractivity contribution in [2.75, 3.05) is 33.7 Å². The first-order chi connectivity index (χ1) is 11.1. The van der Waals surface area contributed by atoms with Gasteiger partial charge in [-0.25, -0.2) is 4.79 Å². The number of hydrogen-bond donors (Lipinski definition) is 2. The zero-order valence-corrected chi connectivity index (χ0v) is 16.0. The van der Waals surface area contributed by atoms with E-state index >= 15 is 0 Å². The van der Waals surface area contributed by atoms with Crippen LogP contribution in [0, 0.1) is 0 Å². The lowest BCUT2D eigenvalue weighted by molar-refractivity contribution is -0.883. The summed E-state index contributed by atoms with van der Waals surface area (Å²) in [6.07, 6.45) is 8.54. The van der Waals surface area contributed by atoms with Gasteiger partial charge in [-0.2, -0.15) is 0 Å². The van der Waals surface area contributed by atoms with Gasteiger partial charge in [0.05, 0.1) is 20.6 Å². The van der Waals surface area contributed by atoms with E-state index in [9.17, 15) is 9.59 Å². The van der Waals surface area contributed by atoms with Crippen LogP contribution in [-0.2, 0) is 9.59 Å². The summed E-state index contributed by atoms with van der Waals surface area (Å²) in [6, 6.07) is 0. The molecule has 1 amide bonds. The van der Waals surface area contributed by atoms with Crippen LogP contribution in [0.2, 0.25) is 0 Å². The monoisotopic (exact) mass is 339 g/mol. The molecule has 0 aromatic heterocycles. The molecule has 5 heteroatoms. The molecule has 0 aromatic carbocycles. The summed E-state index contributed by atoms with van der Waals surface area (Å²) in [4.78, 5) is 22.5. The average molecular weight is 340 g/mol. The summed E-state index contributed by atoms with van der Waals surface area (Å²) in [6.45, 7) is 7.75. The molecule has 24 heavy (non-hydrogen) atoms. The number of nitrogens with zero attached hydrogens (tertiary/aromatic N) is 1. The first kappa shape index (κ1) is 22.4. The third-order valence-corrected chi connectivity index (χ3v) is 3.78. The van der Waals surface area contributed by atoms with Crippen molar-refractivity contribution in [2.45, 2.75) is 52.9 Å². The maximum atomic E-state index is 11.8. The third-order valence-electron chi connectivity index (χ3n) is 3.78. The van der Waals surface area contributed by atoms with Gasteiger partial charge < -0.3 is 14.9 Å². The van der Waals surface area contributed by atoms with E-state index in [2.05, 4.69) is 38.2 Å². The Morgan fingerprint density at radius 1 is 1.04 bits per heavy atom. The number of allylic oxidation sites excluding steroid dienone is 4. The van der Waals surface area contributed by atoms with Crippen molar-refractivity contribution in [3.63, 3.8) is 0 Å². The van der Waals surface area contributed by atoms with E-state index in [1.165, 1.54) is 11.1 Å². The molecule has 0 rings (SSSR count). The second kappa shape index (κ2) is 11.8. The quantitative estimate of drug-likeness (QED) is 0.326. The summed E-state index contributed by atoms with van der Waals surface area (Å²) in [5.41, 5.74) is 2.67. The highest BCUT2D eigenvalue weighted by Gasteiger charge is 2.18. The number of quaternary nitrogens is 1. The number of aliphatic carboxylic acids is 1. The van der Waals surface area contributed by atoms with Crippen LogP contribution in [0.25, 0.3) is 0 Å². The average Bonchev–Trinajstić information content (AvgIpc) is 2.42. The number of carboxylic acid groups (broad SMARTS) is 1. The Morgan fingerprint density at radius 3 is 2.25 bits per heavy atom. The molecular formula is C19H35N2O3+. The fraction of sp³-hybridized carbons (Fsp3) is 0.684. The normalized spacial score (nSPS) is 12.0. The molecule has 0 heterocycles. The number of likely N-dealkylation sites (N-methyl/N-ethyl adjacent to an activating group) is 1. The Balaban J connectivity index is 3.83. The van der Waals surface area contributed by atoms with Gasteiger partial charge in [0.15, 0.2) is 6.54 Å². The summed E-state index contributed by atoms with van der Waals surface area (Å²) in [5, 5.41) is 11.7.